The van der Waals surface area contributed by atoms with Crippen molar-refractivity contribution in [2.24, 2.45) is 0 Å². The molecule has 0 heterocycles. The average Bonchev–Trinajstić information content (AvgIpc) is 2.52. The summed E-state index contributed by atoms with van der Waals surface area (Å²) in [7, 11) is 0. The number of rotatable bonds is 5. The van der Waals surface area contributed by atoms with Gasteiger partial charge >= 0.3 is 5.97 Å². The monoisotopic (exact) mass is 292 g/mol. The van der Waals surface area contributed by atoms with Gasteiger partial charge in [-0.1, -0.05) is 41.7 Å². The smallest absolute Gasteiger partial charge is 0.303 e. The third-order valence-electron chi connectivity index (χ3n) is 3.46. The molecule has 0 aliphatic rings. The summed E-state index contributed by atoms with van der Waals surface area (Å²) in [6.07, 6.45) is 2.80. The number of benzene rings is 2. The minimum absolute atomic E-state index is 0.250. The van der Waals surface area contributed by atoms with E-state index in [-0.39, 0.29) is 6.42 Å². The Balaban J connectivity index is 1.89. The minimum atomic E-state index is -0.721. The largest absolute Gasteiger partial charge is 0.481 e. The van der Waals surface area contributed by atoms with Crippen LogP contribution in [0, 0.1) is 18.8 Å². The van der Waals surface area contributed by atoms with Crippen molar-refractivity contribution < 1.29 is 9.90 Å². The van der Waals surface area contributed by atoms with E-state index in [1.165, 1.54) is 11.1 Å². The predicted molar refractivity (Wildman–Crippen MR) is 88.8 cm³/mol. The van der Waals surface area contributed by atoms with Crippen LogP contribution in [-0.2, 0) is 11.2 Å². The fourth-order valence-corrected chi connectivity index (χ4v) is 2.14. The molecule has 0 unspecified atom stereocenters. The van der Waals surface area contributed by atoms with Crippen molar-refractivity contribution in [2.45, 2.75) is 32.6 Å². The highest BCUT2D eigenvalue weighted by Gasteiger charge is 1.98. The van der Waals surface area contributed by atoms with Gasteiger partial charge in [0.1, 0.15) is 0 Å². The zero-order chi connectivity index (χ0) is 15.8. The molecule has 22 heavy (non-hydrogen) atoms. The molecule has 0 spiro atoms. The van der Waals surface area contributed by atoms with E-state index in [4.69, 9.17) is 5.11 Å². The summed E-state index contributed by atoms with van der Waals surface area (Å²) in [6.45, 7) is 2.06. The lowest BCUT2D eigenvalue weighted by Gasteiger charge is -2.00. The molecule has 0 saturated heterocycles. The van der Waals surface area contributed by atoms with Gasteiger partial charge in [0.25, 0.3) is 0 Å². The second-order valence-electron chi connectivity index (χ2n) is 5.41. The Morgan fingerprint density at radius 1 is 0.909 bits per heavy atom. The van der Waals surface area contributed by atoms with Crippen LogP contribution in [-0.4, -0.2) is 11.1 Å². The summed E-state index contributed by atoms with van der Waals surface area (Å²) in [5, 5.41) is 8.60. The van der Waals surface area contributed by atoms with Crippen molar-refractivity contribution in [2.75, 3.05) is 0 Å². The molecule has 0 fully saturated rings. The van der Waals surface area contributed by atoms with Crippen molar-refractivity contribution in [3.05, 3.63) is 70.8 Å². The molecular formula is C20H20O2. The van der Waals surface area contributed by atoms with Gasteiger partial charge in [-0.25, -0.2) is 0 Å². The first kappa shape index (κ1) is 15.9. The number of aliphatic carboxylic acids is 1. The molecule has 2 rings (SSSR count). The first-order chi connectivity index (χ1) is 10.6. The van der Waals surface area contributed by atoms with Gasteiger partial charge in [0.05, 0.1) is 0 Å². The summed E-state index contributed by atoms with van der Waals surface area (Å²) in [6, 6.07) is 16.4. The number of carboxylic acid groups (broad SMARTS) is 1. The molecule has 0 bridgehead atoms. The SMILES string of the molecule is Cc1ccc(C#Cc2ccc(CCCCC(=O)O)cc2)cc1. The summed E-state index contributed by atoms with van der Waals surface area (Å²) < 4.78 is 0. The first-order valence-electron chi connectivity index (χ1n) is 7.53. The molecule has 2 aromatic rings. The Kier molecular flexibility index (Phi) is 5.80. The number of hydrogen-bond donors (Lipinski definition) is 1. The van der Waals surface area contributed by atoms with E-state index in [0.717, 1.165) is 30.4 Å². The van der Waals surface area contributed by atoms with Crippen LogP contribution >= 0.6 is 0 Å². The molecule has 0 amide bonds. The number of unbranched alkanes of at least 4 members (excludes halogenated alkanes) is 1. The van der Waals surface area contributed by atoms with E-state index in [9.17, 15) is 4.79 Å². The molecule has 0 aromatic heterocycles. The fraction of sp³-hybridized carbons (Fsp3) is 0.250. The Labute approximate surface area is 131 Å². The van der Waals surface area contributed by atoms with Gasteiger partial charge in [-0.15, -0.1) is 0 Å². The molecule has 2 aromatic carbocycles. The minimum Gasteiger partial charge on any atom is -0.481 e. The zero-order valence-corrected chi connectivity index (χ0v) is 12.8. The Hall–Kier alpha value is -2.53. The van der Waals surface area contributed by atoms with E-state index in [1.54, 1.807) is 0 Å². The van der Waals surface area contributed by atoms with Gasteiger partial charge in [-0.05, 0) is 56.0 Å². The van der Waals surface area contributed by atoms with Crippen molar-refractivity contribution >= 4 is 5.97 Å². The molecular weight excluding hydrogens is 272 g/mol. The number of carboxylic acids is 1. The highest BCUT2D eigenvalue weighted by molar-refractivity contribution is 5.66. The van der Waals surface area contributed by atoms with Crippen LogP contribution in [0.25, 0.3) is 0 Å². The zero-order valence-electron chi connectivity index (χ0n) is 12.8. The number of carbonyl (C=O) groups is 1. The van der Waals surface area contributed by atoms with Crippen LogP contribution in [0.5, 0.6) is 0 Å². The van der Waals surface area contributed by atoms with E-state index >= 15 is 0 Å². The summed E-state index contributed by atoms with van der Waals surface area (Å²) in [5.74, 6) is 5.60. The van der Waals surface area contributed by atoms with Crippen LogP contribution in [0.4, 0.5) is 0 Å². The molecule has 2 nitrogen and oxygen atoms in total. The normalized spacial score (nSPS) is 9.86. The summed E-state index contributed by atoms with van der Waals surface area (Å²) in [5.41, 5.74) is 4.47. The highest BCUT2D eigenvalue weighted by atomic mass is 16.4. The first-order valence-corrected chi connectivity index (χ1v) is 7.53. The van der Waals surface area contributed by atoms with Crippen LogP contribution < -0.4 is 0 Å². The van der Waals surface area contributed by atoms with Crippen LogP contribution in [0.15, 0.2) is 48.5 Å². The maximum absolute atomic E-state index is 10.4. The third-order valence-corrected chi connectivity index (χ3v) is 3.46. The highest BCUT2D eigenvalue weighted by Crippen LogP contribution is 2.09. The van der Waals surface area contributed by atoms with Crippen LogP contribution in [0.2, 0.25) is 0 Å². The average molecular weight is 292 g/mol. The van der Waals surface area contributed by atoms with Crippen molar-refractivity contribution in [3.8, 4) is 11.8 Å². The van der Waals surface area contributed by atoms with Crippen molar-refractivity contribution in [1.82, 2.24) is 0 Å². The topological polar surface area (TPSA) is 37.3 Å². The van der Waals surface area contributed by atoms with Crippen LogP contribution in [0.1, 0.15) is 41.5 Å². The summed E-state index contributed by atoms with van der Waals surface area (Å²) >= 11 is 0. The Morgan fingerprint density at radius 2 is 1.45 bits per heavy atom. The van der Waals surface area contributed by atoms with Gasteiger partial charge in [0.2, 0.25) is 0 Å². The molecule has 112 valence electrons. The third kappa shape index (κ3) is 5.46. The molecule has 0 aliphatic carbocycles. The quantitative estimate of drug-likeness (QED) is 0.662. The molecule has 0 atom stereocenters. The second kappa shape index (κ2) is 8.05. The Morgan fingerprint density at radius 3 is 2.00 bits per heavy atom. The van der Waals surface area contributed by atoms with Crippen molar-refractivity contribution in [1.29, 1.82) is 0 Å². The molecule has 1 N–H and O–H groups in total. The fourth-order valence-electron chi connectivity index (χ4n) is 2.14. The maximum atomic E-state index is 10.4. The van der Waals surface area contributed by atoms with Crippen molar-refractivity contribution in [3.63, 3.8) is 0 Å². The van der Waals surface area contributed by atoms with E-state index in [2.05, 4.69) is 43.0 Å². The maximum Gasteiger partial charge on any atom is 0.303 e. The lowest BCUT2D eigenvalue weighted by molar-refractivity contribution is -0.137. The van der Waals surface area contributed by atoms with E-state index in [1.807, 2.05) is 24.3 Å². The lowest BCUT2D eigenvalue weighted by atomic mass is 10.0. The van der Waals surface area contributed by atoms with Gasteiger partial charge in [-0.3, -0.25) is 4.79 Å². The van der Waals surface area contributed by atoms with Gasteiger partial charge in [0, 0.05) is 17.5 Å². The molecule has 0 radical (unpaired) electrons. The number of aryl methyl sites for hydroxylation is 2. The molecule has 2 heteroatoms. The molecule has 0 aliphatic heterocycles. The van der Waals surface area contributed by atoms with E-state index in [0.29, 0.717) is 0 Å². The Bertz CT molecular complexity index is 670. The van der Waals surface area contributed by atoms with Crippen LogP contribution in [0.3, 0.4) is 0 Å². The van der Waals surface area contributed by atoms with Gasteiger partial charge in [0.15, 0.2) is 0 Å². The van der Waals surface area contributed by atoms with E-state index < -0.39 is 5.97 Å². The van der Waals surface area contributed by atoms with Gasteiger partial charge in [-0.2, -0.15) is 0 Å². The number of hydrogen-bond acceptors (Lipinski definition) is 1. The predicted octanol–water partition coefficient (Wildman–Crippen LogP) is 4.19. The standard InChI is InChI=1S/C20H20O2/c1-16-6-8-18(9-7-16)14-15-19-12-10-17(11-13-19)4-2-3-5-20(21)22/h6-13H,2-5H2,1H3,(H,21,22). The summed E-state index contributed by atoms with van der Waals surface area (Å²) in [4.78, 5) is 10.4. The molecule has 0 saturated carbocycles. The second-order valence-corrected chi connectivity index (χ2v) is 5.41. The lowest BCUT2D eigenvalue weighted by Crippen LogP contribution is -1.94. The van der Waals surface area contributed by atoms with Gasteiger partial charge < -0.3 is 5.11 Å².